The van der Waals surface area contributed by atoms with E-state index >= 15 is 0 Å². The van der Waals surface area contributed by atoms with Crippen molar-refractivity contribution in [1.29, 1.82) is 0 Å². The van der Waals surface area contributed by atoms with E-state index in [1.165, 1.54) is 6.07 Å². The highest BCUT2D eigenvalue weighted by Gasteiger charge is 2.33. The number of carbonyl (C=O) groups is 2. The number of amides is 1. The standard InChI is InChI=1S/C17H22N2O5/c1-10(2)13-5-4-12(8-15(13)19(23)24)16(20)18-7-6-14(17(21)22)11(3)9-18/h4-5,8,10-11,14H,6-7,9H2,1-3H3,(H,21,22). The average molecular weight is 334 g/mol. The first kappa shape index (κ1) is 17.9. The van der Waals surface area contributed by atoms with Gasteiger partial charge in [-0.25, -0.2) is 0 Å². The summed E-state index contributed by atoms with van der Waals surface area (Å²) in [4.78, 5) is 36.2. The molecule has 130 valence electrons. The maximum atomic E-state index is 12.6. The Kier molecular flexibility index (Phi) is 5.21. The molecule has 0 bridgehead atoms. The summed E-state index contributed by atoms with van der Waals surface area (Å²) in [5.74, 6) is -1.74. The summed E-state index contributed by atoms with van der Waals surface area (Å²) in [6.07, 6.45) is 0.397. The van der Waals surface area contributed by atoms with E-state index in [9.17, 15) is 19.7 Å². The number of rotatable bonds is 4. The molecule has 2 unspecified atom stereocenters. The fourth-order valence-corrected chi connectivity index (χ4v) is 3.20. The normalized spacial score (nSPS) is 20.9. The molecule has 24 heavy (non-hydrogen) atoms. The molecule has 0 saturated carbocycles. The number of piperidine rings is 1. The van der Waals surface area contributed by atoms with Crippen molar-refractivity contribution in [2.45, 2.75) is 33.1 Å². The van der Waals surface area contributed by atoms with Crippen LogP contribution in [0.2, 0.25) is 0 Å². The third-order valence-corrected chi connectivity index (χ3v) is 4.61. The van der Waals surface area contributed by atoms with Gasteiger partial charge in [-0.2, -0.15) is 0 Å². The fraction of sp³-hybridized carbons (Fsp3) is 0.529. The van der Waals surface area contributed by atoms with E-state index in [1.54, 1.807) is 17.0 Å². The molecule has 2 atom stereocenters. The molecule has 0 aliphatic carbocycles. The molecule has 1 N–H and O–H groups in total. The number of likely N-dealkylation sites (tertiary alicyclic amines) is 1. The number of nitrogens with zero attached hydrogens (tertiary/aromatic N) is 2. The Bertz CT molecular complexity index is 671. The summed E-state index contributed by atoms with van der Waals surface area (Å²) in [7, 11) is 0. The van der Waals surface area contributed by atoms with E-state index < -0.39 is 16.8 Å². The number of carboxylic acids is 1. The summed E-state index contributed by atoms with van der Waals surface area (Å²) in [6.45, 7) is 6.22. The number of hydrogen-bond donors (Lipinski definition) is 1. The van der Waals surface area contributed by atoms with E-state index in [4.69, 9.17) is 5.11 Å². The molecule has 1 amide bonds. The number of nitro groups is 1. The molecule has 1 heterocycles. The van der Waals surface area contributed by atoms with Gasteiger partial charge in [0.25, 0.3) is 11.6 Å². The van der Waals surface area contributed by atoms with Gasteiger partial charge in [0.2, 0.25) is 0 Å². The Hall–Kier alpha value is -2.44. The third-order valence-electron chi connectivity index (χ3n) is 4.61. The van der Waals surface area contributed by atoms with E-state index in [2.05, 4.69) is 0 Å². The van der Waals surface area contributed by atoms with E-state index in [0.29, 0.717) is 25.1 Å². The highest BCUT2D eigenvalue weighted by Crippen LogP contribution is 2.29. The maximum Gasteiger partial charge on any atom is 0.306 e. The Morgan fingerprint density at radius 3 is 2.54 bits per heavy atom. The zero-order valence-electron chi connectivity index (χ0n) is 14.1. The molecule has 1 fully saturated rings. The molecular weight excluding hydrogens is 312 g/mol. The second-order valence-electron chi connectivity index (χ2n) is 6.65. The van der Waals surface area contributed by atoms with Crippen molar-refractivity contribution < 1.29 is 19.6 Å². The molecular formula is C17H22N2O5. The second-order valence-corrected chi connectivity index (χ2v) is 6.65. The topological polar surface area (TPSA) is 101 Å². The molecule has 0 spiro atoms. The monoisotopic (exact) mass is 334 g/mol. The number of benzene rings is 1. The van der Waals surface area contributed by atoms with Crippen LogP contribution < -0.4 is 0 Å². The van der Waals surface area contributed by atoms with Crippen molar-refractivity contribution >= 4 is 17.6 Å². The molecule has 0 radical (unpaired) electrons. The van der Waals surface area contributed by atoms with Crippen molar-refractivity contribution in [3.8, 4) is 0 Å². The lowest BCUT2D eigenvalue weighted by molar-refractivity contribution is -0.385. The minimum atomic E-state index is -0.841. The highest BCUT2D eigenvalue weighted by atomic mass is 16.6. The van der Waals surface area contributed by atoms with E-state index in [0.717, 1.165) is 0 Å². The maximum absolute atomic E-state index is 12.6. The van der Waals surface area contributed by atoms with Crippen LogP contribution in [0.5, 0.6) is 0 Å². The van der Waals surface area contributed by atoms with Crippen LogP contribution in [0.3, 0.4) is 0 Å². The largest absolute Gasteiger partial charge is 0.481 e. The van der Waals surface area contributed by atoms with Crippen LogP contribution in [-0.4, -0.2) is 39.9 Å². The van der Waals surface area contributed by atoms with Crippen LogP contribution >= 0.6 is 0 Å². The minimum absolute atomic E-state index is 0.0131. The van der Waals surface area contributed by atoms with Gasteiger partial charge in [0.1, 0.15) is 0 Å². The molecule has 1 aliphatic rings. The zero-order valence-corrected chi connectivity index (χ0v) is 14.1. The van der Waals surface area contributed by atoms with Crippen LogP contribution in [0.25, 0.3) is 0 Å². The van der Waals surface area contributed by atoms with Gasteiger partial charge in [0.05, 0.1) is 10.8 Å². The smallest absolute Gasteiger partial charge is 0.306 e. The molecule has 1 aromatic rings. The first-order valence-electron chi connectivity index (χ1n) is 8.02. The Balaban J connectivity index is 2.23. The van der Waals surface area contributed by atoms with Crippen LogP contribution in [0.4, 0.5) is 5.69 Å². The number of hydrogen-bond acceptors (Lipinski definition) is 4. The summed E-state index contributed by atoms with van der Waals surface area (Å²) >= 11 is 0. The lowest BCUT2D eigenvalue weighted by Gasteiger charge is -2.35. The predicted octanol–water partition coefficient (Wildman–Crippen LogP) is 2.90. The summed E-state index contributed by atoms with van der Waals surface area (Å²) < 4.78 is 0. The molecule has 7 nitrogen and oxygen atoms in total. The number of nitro benzene ring substituents is 1. The molecule has 1 saturated heterocycles. The van der Waals surface area contributed by atoms with E-state index in [1.807, 2.05) is 20.8 Å². The SMILES string of the molecule is CC(C)c1ccc(C(=O)N2CCC(C(=O)O)C(C)C2)cc1[N+](=O)[O-]. The summed E-state index contributed by atoms with van der Waals surface area (Å²) in [6, 6.07) is 4.56. The van der Waals surface area contributed by atoms with E-state index in [-0.39, 0.29) is 29.0 Å². The quantitative estimate of drug-likeness (QED) is 0.674. The van der Waals surface area contributed by atoms with Crippen LogP contribution in [0, 0.1) is 22.0 Å². The number of aliphatic carboxylic acids is 1. The first-order chi connectivity index (χ1) is 11.2. The lowest BCUT2D eigenvalue weighted by atomic mass is 9.86. The fourth-order valence-electron chi connectivity index (χ4n) is 3.20. The predicted molar refractivity (Wildman–Crippen MR) is 88.0 cm³/mol. The van der Waals surface area contributed by atoms with Crippen molar-refractivity contribution in [3.05, 3.63) is 39.4 Å². The lowest BCUT2D eigenvalue weighted by Crippen LogP contribution is -2.45. The van der Waals surface area contributed by atoms with Crippen molar-refractivity contribution in [2.75, 3.05) is 13.1 Å². The number of carboxylic acid groups (broad SMARTS) is 1. The van der Waals surface area contributed by atoms with Gasteiger partial charge in [0, 0.05) is 30.3 Å². The first-order valence-corrected chi connectivity index (χ1v) is 8.02. The third kappa shape index (κ3) is 3.55. The highest BCUT2D eigenvalue weighted by molar-refractivity contribution is 5.95. The molecule has 0 aromatic heterocycles. The zero-order chi connectivity index (χ0) is 18.0. The molecule has 2 rings (SSSR count). The Morgan fingerprint density at radius 2 is 2.04 bits per heavy atom. The van der Waals surface area contributed by atoms with Gasteiger partial charge in [-0.3, -0.25) is 19.7 Å². The van der Waals surface area contributed by atoms with Gasteiger partial charge in [-0.05, 0) is 24.3 Å². The van der Waals surface area contributed by atoms with Gasteiger partial charge < -0.3 is 10.0 Å². The molecule has 7 heteroatoms. The second kappa shape index (κ2) is 6.98. The van der Waals surface area contributed by atoms with Crippen LogP contribution in [0.1, 0.15) is 49.0 Å². The molecule has 1 aromatic carbocycles. The summed E-state index contributed by atoms with van der Waals surface area (Å²) in [5, 5.41) is 20.4. The van der Waals surface area contributed by atoms with Crippen LogP contribution in [0.15, 0.2) is 18.2 Å². The van der Waals surface area contributed by atoms with Gasteiger partial charge in [-0.1, -0.05) is 26.8 Å². The van der Waals surface area contributed by atoms with Gasteiger partial charge >= 0.3 is 5.97 Å². The Morgan fingerprint density at radius 1 is 1.38 bits per heavy atom. The Labute approximate surface area is 140 Å². The number of carbonyl (C=O) groups excluding carboxylic acids is 1. The van der Waals surface area contributed by atoms with Crippen molar-refractivity contribution in [3.63, 3.8) is 0 Å². The minimum Gasteiger partial charge on any atom is -0.481 e. The van der Waals surface area contributed by atoms with Crippen LogP contribution in [-0.2, 0) is 4.79 Å². The van der Waals surface area contributed by atoms with Crippen molar-refractivity contribution in [1.82, 2.24) is 4.90 Å². The average Bonchev–Trinajstić information content (AvgIpc) is 2.52. The van der Waals surface area contributed by atoms with Gasteiger partial charge in [0.15, 0.2) is 0 Å². The summed E-state index contributed by atoms with van der Waals surface area (Å²) in [5.41, 5.74) is 0.811. The molecule has 1 aliphatic heterocycles. The van der Waals surface area contributed by atoms with Crippen molar-refractivity contribution in [2.24, 2.45) is 11.8 Å². The van der Waals surface area contributed by atoms with Gasteiger partial charge in [-0.15, -0.1) is 0 Å².